The van der Waals surface area contributed by atoms with Crippen molar-refractivity contribution in [3.63, 3.8) is 0 Å². The fourth-order valence-corrected chi connectivity index (χ4v) is 1.84. The van der Waals surface area contributed by atoms with Gasteiger partial charge in [-0.25, -0.2) is 9.98 Å². The van der Waals surface area contributed by atoms with Gasteiger partial charge in [0.2, 0.25) is 5.90 Å². The van der Waals surface area contributed by atoms with Gasteiger partial charge in [-0.2, -0.15) is 0 Å². The molecule has 0 amide bonds. The van der Waals surface area contributed by atoms with E-state index in [0.29, 0.717) is 18.4 Å². The Hall–Kier alpha value is -1.38. The van der Waals surface area contributed by atoms with Gasteiger partial charge in [-0.15, -0.1) is 0 Å². The largest absolute Gasteiger partial charge is 0.474 e. The molecule has 0 spiro atoms. The average Bonchev–Trinajstić information content (AvgIpc) is 2.77. The van der Waals surface area contributed by atoms with E-state index in [2.05, 4.69) is 50.7 Å². The van der Waals surface area contributed by atoms with Crippen LogP contribution in [0.15, 0.2) is 23.2 Å². The van der Waals surface area contributed by atoms with Crippen molar-refractivity contribution in [2.24, 2.45) is 10.9 Å². The van der Waals surface area contributed by atoms with E-state index in [0.717, 1.165) is 11.4 Å². The molecule has 18 heavy (non-hydrogen) atoms. The van der Waals surface area contributed by atoms with Crippen LogP contribution in [-0.2, 0) is 10.2 Å². The molecular weight excluding hydrogens is 224 g/mol. The minimum absolute atomic E-state index is 0.0482. The van der Waals surface area contributed by atoms with Crippen LogP contribution in [0.25, 0.3) is 0 Å². The van der Waals surface area contributed by atoms with Crippen molar-refractivity contribution < 1.29 is 4.74 Å². The molecule has 2 heterocycles. The maximum Gasteiger partial charge on any atom is 0.235 e. The van der Waals surface area contributed by atoms with Gasteiger partial charge in [0.1, 0.15) is 12.3 Å². The highest BCUT2D eigenvalue weighted by Gasteiger charge is 2.24. The summed E-state index contributed by atoms with van der Waals surface area (Å²) in [4.78, 5) is 9.28. The van der Waals surface area contributed by atoms with Crippen LogP contribution in [0.5, 0.6) is 0 Å². The molecule has 0 saturated heterocycles. The summed E-state index contributed by atoms with van der Waals surface area (Å²) < 4.78 is 5.67. The number of ether oxygens (including phenoxy) is 1. The summed E-state index contributed by atoms with van der Waals surface area (Å²) in [5.41, 5.74) is 1.97. The highest BCUT2D eigenvalue weighted by atomic mass is 16.5. The first-order valence-corrected chi connectivity index (χ1v) is 6.56. The summed E-state index contributed by atoms with van der Waals surface area (Å²) in [6.45, 7) is 11.5. The number of hydrogen-bond donors (Lipinski definition) is 0. The zero-order chi connectivity index (χ0) is 13.3. The second kappa shape index (κ2) is 4.71. The van der Waals surface area contributed by atoms with Crippen LogP contribution in [0.3, 0.4) is 0 Å². The van der Waals surface area contributed by atoms with Gasteiger partial charge in [0.15, 0.2) is 0 Å². The molecule has 0 fully saturated rings. The van der Waals surface area contributed by atoms with Crippen LogP contribution in [-0.4, -0.2) is 23.5 Å². The van der Waals surface area contributed by atoms with Gasteiger partial charge in [0.05, 0.1) is 6.04 Å². The second-order valence-electron chi connectivity index (χ2n) is 6.21. The quantitative estimate of drug-likeness (QED) is 0.803. The van der Waals surface area contributed by atoms with E-state index < -0.39 is 0 Å². The number of hydrogen-bond acceptors (Lipinski definition) is 3. The topological polar surface area (TPSA) is 34.5 Å². The lowest BCUT2D eigenvalue weighted by atomic mass is 9.91. The number of rotatable bonds is 2. The van der Waals surface area contributed by atoms with Crippen LogP contribution < -0.4 is 0 Å². The predicted octanol–water partition coefficient (Wildman–Crippen LogP) is 3.18. The van der Waals surface area contributed by atoms with Gasteiger partial charge in [-0.1, -0.05) is 40.7 Å². The van der Waals surface area contributed by atoms with Gasteiger partial charge >= 0.3 is 0 Å². The molecule has 3 nitrogen and oxygen atoms in total. The molecule has 1 aromatic heterocycles. The zero-order valence-corrected chi connectivity index (χ0v) is 11.9. The Bertz CT molecular complexity index is 458. The lowest BCUT2D eigenvalue weighted by molar-refractivity contribution is 0.291. The first-order valence-electron chi connectivity index (χ1n) is 6.56. The summed E-state index contributed by atoms with van der Waals surface area (Å²) in [6, 6.07) is 6.31. The Morgan fingerprint density at radius 3 is 2.56 bits per heavy atom. The Balaban J connectivity index is 2.28. The molecule has 0 aliphatic carbocycles. The van der Waals surface area contributed by atoms with Crippen LogP contribution in [0.4, 0.5) is 0 Å². The molecule has 0 N–H and O–H groups in total. The van der Waals surface area contributed by atoms with Crippen LogP contribution >= 0.6 is 0 Å². The maximum absolute atomic E-state index is 5.67. The van der Waals surface area contributed by atoms with Gasteiger partial charge in [-0.3, -0.25) is 0 Å². The molecule has 0 saturated carbocycles. The molecular formula is C15H22N2O. The molecule has 3 heteroatoms. The summed E-state index contributed by atoms with van der Waals surface area (Å²) in [7, 11) is 0. The Morgan fingerprint density at radius 1 is 1.28 bits per heavy atom. The van der Waals surface area contributed by atoms with E-state index in [9.17, 15) is 0 Å². The van der Waals surface area contributed by atoms with Gasteiger partial charge in [0.25, 0.3) is 0 Å². The van der Waals surface area contributed by atoms with Crippen LogP contribution in [0, 0.1) is 5.92 Å². The van der Waals surface area contributed by atoms with Crippen LogP contribution in [0.1, 0.15) is 46.0 Å². The Labute approximate surface area is 109 Å². The van der Waals surface area contributed by atoms with Crippen molar-refractivity contribution in [1.82, 2.24) is 4.98 Å². The molecule has 2 rings (SSSR count). The summed E-state index contributed by atoms with van der Waals surface area (Å²) in [5, 5.41) is 0. The van der Waals surface area contributed by atoms with Gasteiger partial charge in [0, 0.05) is 11.1 Å². The summed E-state index contributed by atoms with van der Waals surface area (Å²) in [6.07, 6.45) is 0. The van der Waals surface area contributed by atoms with E-state index in [1.807, 2.05) is 12.1 Å². The maximum atomic E-state index is 5.67. The molecule has 1 aromatic rings. The van der Waals surface area contributed by atoms with E-state index in [-0.39, 0.29) is 11.5 Å². The van der Waals surface area contributed by atoms with Crippen molar-refractivity contribution in [1.29, 1.82) is 0 Å². The fourth-order valence-electron chi connectivity index (χ4n) is 1.84. The molecule has 1 aliphatic heterocycles. The Kier molecular flexibility index (Phi) is 3.42. The third kappa shape index (κ3) is 2.71. The highest BCUT2D eigenvalue weighted by molar-refractivity contribution is 5.93. The monoisotopic (exact) mass is 246 g/mol. The third-order valence-corrected chi connectivity index (χ3v) is 3.18. The Morgan fingerprint density at radius 2 is 2.00 bits per heavy atom. The second-order valence-corrected chi connectivity index (χ2v) is 6.21. The van der Waals surface area contributed by atoms with Crippen molar-refractivity contribution in [2.45, 2.75) is 46.1 Å². The molecule has 0 bridgehead atoms. The lowest BCUT2D eigenvalue weighted by Crippen LogP contribution is -2.16. The third-order valence-electron chi connectivity index (χ3n) is 3.18. The number of aromatic nitrogens is 1. The van der Waals surface area contributed by atoms with Gasteiger partial charge in [-0.05, 0) is 18.1 Å². The van der Waals surface area contributed by atoms with Crippen molar-refractivity contribution >= 4 is 5.90 Å². The number of pyridine rings is 1. The average molecular weight is 246 g/mol. The van der Waals surface area contributed by atoms with Crippen LogP contribution in [0.2, 0.25) is 0 Å². The first kappa shape index (κ1) is 13.1. The van der Waals surface area contributed by atoms with Crippen molar-refractivity contribution in [2.75, 3.05) is 6.61 Å². The molecule has 1 atom stereocenters. The van der Waals surface area contributed by atoms with Gasteiger partial charge < -0.3 is 4.74 Å². The lowest BCUT2D eigenvalue weighted by Gasteiger charge is -2.18. The molecule has 0 aromatic carbocycles. The zero-order valence-electron chi connectivity index (χ0n) is 11.9. The molecule has 0 radical (unpaired) electrons. The predicted molar refractivity (Wildman–Crippen MR) is 74.1 cm³/mol. The molecule has 98 valence electrons. The smallest absolute Gasteiger partial charge is 0.235 e. The number of aliphatic imine (C=N–C) groups is 1. The summed E-state index contributed by atoms with van der Waals surface area (Å²) >= 11 is 0. The number of nitrogens with zero attached hydrogens (tertiary/aromatic N) is 2. The summed E-state index contributed by atoms with van der Waals surface area (Å²) in [5.74, 6) is 1.20. The molecule has 1 aliphatic rings. The standard InChI is InChI=1S/C15H22N2O/c1-10(2)12-9-18-14(17-12)11-7-6-8-13(16-11)15(3,4)5/h6-8,10,12H,9H2,1-5H3/t12-/m1/s1. The first-order chi connectivity index (χ1) is 8.38. The van der Waals surface area contributed by atoms with Crippen molar-refractivity contribution in [3.8, 4) is 0 Å². The van der Waals surface area contributed by atoms with E-state index in [1.54, 1.807) is 0 Å². The fraction of sp³-hybridized carbons (Fsp3) is 0.600. The van der Waals surface area contributed by atoms with E-state index in [4.69, 9.17) is 4.74 Å². The van der Waals surface area contributed by atoms with E-state index >= 15 is 0 Å². The SMILES string of the molecule is CC(C)[C@H]1COC(c2cccc(C(C)(C)C)n2)=N1. The van der Waals surface area contributed by atoms with Crippen molar-refractivity contribution in [3.05, 3.63) is 29.6 Å². The highest BCUT2D eigenvalue weighted by Crippen LogP contribution is 2.22. The minimum atomic E-state index is 0.0482. The minimum Gasteiger partial charge on any atom is -0.474 e. The normalized spacial score (nSPS) is 19.9. The molecule has 0 unspecified atom stereocenters. The van der Waals surface area contributed by atoms with E-state index in [1.165, 1.54) is 0 Å².